The number of sulfone groups is 1. The Morgan fingerprint density at radius 2 is 1.95 bits per heavy atom. The minimum absolute atomic E-state index is 0.0292. The highest BCUT2D eigenvalue weighted by atomic mass is 32.2. The van der Waals surface area contributed by atoms with E-state index in [1.54, 1.807) is 29.2 Å². The van der Waals surface area contributed by atoms with Gasteiger partial charge >= 0.3 is 0 Å². The van der Waals surface area contributed by atoms with Gasteiger partial charge in [-0.15, -0.1) is 0 Å². The quantitative estimate of drug-likeness (QED) is 0.877. The molecular weight excluding hydrogens is 264 g/mol. The number of piperidine rings is 1. The van der Waals surface area contributed by atoms with Crippen molar-refractivity contribution in [2.45, 2.75) is 30.3 Å². The summed E-state index contributed by atoms with van der Waals surface area (Å²) in [5, 5.41) is 0. The molecule has 0 bridgehead atoms. The lowest BCUT2D eigenvalue weighted by Gasteiger charge is -2.30. The molecule has 6 heteroatoms. The van der Waals surface area contributed by atoms with Gasteiger partial charge in [0.2, 0.25) is 5.91 Å². The fraction of sp³-hybridized carbons (Fsp3) is 0.462. The van der Waals surface area contributed by atoms with Crippen LogP contribution in [0.2, 0.25) is 0 Å². The molecule has 0 aromatic heterocycles. The Morgan fingerprint density at radius 3 is 2.53 bits per heavy atom. The molecule has 1 aromatic carbocycles. The van der Waals surface area contributed by atoms with Gasteiger partial charge in [-0.2, -0.15) is 0 Å². The summed E-state index contributed by atoms with van der Waals surface area (Å²) in [7, 11) is -3.17. The maximum absolute atomic E-state index is 11.9. The van der Waals surface area contributed by atoms with E-state index >= 15 is 0 Å². The molecule has 1 amide bonds. The Hall–Kier alpha value is -1.40. The van der Waals surface area contributed by atoms with Crippen LogP contribution in [-0.4, -0.2) is 38.1 Å². The molecule has 0 saturated carbocycles. The van der Waals surface area contributed by atoms with E-state index in [-0.39, 0.29) is 10.8 Å². The molecule has 2 N–H and O–H groups in total. The summed E-state index contributed by atoms with van der Waals surface area (Å²) >= 11 is 0. The Balaban J connectivity index is 2.09. The van der Waals surface area contributed by atoms with Crippen molar-refractivity contribution in [2.24, 2.45) is 5.73 Å². The molecule has 1 fully saturated rings. The third kappa shape index (κ3) is 3.33. The van der Waals surface area contributed by atoms with Crippen LogP contribution in [0.4, 0.5) is 0 Å². The number of hydrogen-bond acceptors (Lipinski definition) is 4. The molecule has 1 unspecified atom stereocenters. The number of likely N-dealkylation sites (tertiary alicyclic amines) is 1. The molecule has 0 aliphatic carbocycles. The van der Waals surface area contributed by atoms with Crippen molar-refractivity contribution in [3.05, 3.63) is 29.8 Å². The van der Waals surface area contributed by atoms with Gasteiger partial charge in [-0.3, -0.25) is 4.79 Å². The van der Waals surface area contributed by atoms with Crippen LogP contribution in [0.3, 0.4) is 0 Å². The molecule has 1 aliphatic heterocycles. The molecule has 19 heavy (non-hydrogen) atoms. The first-order chi connectivity index (χ1) is 8.88. The zero-order valence-electron chi connectivity index (χ0n) is 10.9. The van der Waals surface area contributed by atoms with Crippen LogP contribution in [0, 0.1) is 0 Å². The van der Waals surface area contributed by atoms with Crippen LogP contribution >= 0.6 is 0 Å². The van der Waals surface area contributed by atoms with E-state index in [1.165, 1.54) is 6.26 Å². The summed E-state index contributed by atoms with van der Waals surface area (Å²) in [4.78, 5) is 13.9. The van der Waals surface area contributed by atoms with Crippen molar-refractivity contribution in [1.82, 2.24) is 4.90 Å². The molecule has 1 atom stereocenters. The van der Waals surface area contributed by atoms with Crippen molar-refractivity contribution in [1.29, 1.82) is 0 Å². The largest absolute Gasteiger partial charge is 0.337 e. The third-order valence-corrected chi connectivity index (χ3v) is 4.43. The van der Waals surface area contributed by atoms with E-state index in [0.717, 1.165) is 18.4 Å². The molecule has 1 aromatic rings. The van der Waals surface area contributed by atoms with E-state index in [0.29, 0.717) is 13.1 Å². The fourth-order valence-electron chi connectivity index (χ4n) is 2.19. The molecule has 1 heterocycles. The van der Waals surface area contributed by atoms with Gasteiger partial charge in [-0.25, -0.2) is 8.42 Å². The van der Waals surface area contributed by atoms with Gasteiger partial charge in [0.05, 0.1) is 10.9 Å². The lowest BCUT2D eigenvalue weighted by Crippen LogP contribution is -2.47. The molecule has 0 radical (unpaired) electrons. The summed E-state index contributed by atoms with van der Waals surface area (Å²) in [6, 6.07) is 6.22. The maximum atomic E-state index is 11.9. The first kappa shape index (κ1) is 14.0. The van der Waals surface area contributed by atoms with E-state index < -0.39 is 15.9 Å². The standard InChI is InChI=1S/C13H18N2O3S/c1-19(17,18)11-6-4-10(5-7-11)9-15-8-2-3-12(14)13(15)16/h4-7,12H,2-3,8-9,14H2,1H3. The molecular formula is C13H18N2O3S. The van der Waals surface area contributed by atoms with Gasteiger partial charge in [0.25, 0.3) is 0 Å². The zero-order chi connectivity index (χ0) is 14.0. The Bertz CT molecular complexity index is 566. The van der Waals surface area contributed by atoms with Gasteiger partial charge in [0.15, 0.2) is 9.84 Å². The SMILES string of the molecule is CS(=O)(=O)c1ccc(CN2CCCC(N)C2=O)cc1. The molecule has 5 nitrogen and oxygen atoms in total. The second kappa shape index (κ2) is 5.30. The van der Waals surface area contributed by atoms with Gasteiger partial charge in [-0.05, 0) is 30.5 Å². The molecule has 1 aliphatic rings. The Kier molecular flexibility index (Phi) is 3.91. The number of nitrogens with zero attached hydrogens (tertiary/aromatic N) is 1. The number of rotatable bonds is 3. The normalized spacial score (nSPS) is 20.6. The zero-order valence-corrected chi connectivity index (χ0v) is 11.7. The second-order valence-corrected chi connectivity index (χ2v) is 6.94. The second-order valence-electron chi connectivity index (χ2n) is 4.92. The Labute approximate surface area is 113 Å². The number of amides is 1. The number of carbonyl (C=O) groups excluding carboxylic acids is 1. The first-order valence-electron chi connectivity index (χ1n) is 6.21. The highest BCUT2D eigenvalue weighted by Gasteiger charge is 2.25. The third-order valence-electron chi connectivity index (χ3n) is 3.30. The van der Waals surface area contributed by atoms with Crippen LogP contribution in [0.1, 0.15) is 18.4 Å². The highest BCUT2D eigenvalue weighted by molar-refractivity contribution is 7.90. The van der Waals surface area contributed by atoms with Crippen molar-refractivity contribution >= 4 is 15.7 Å². The van der Waals surface area contributed by atoms with Gasteiger partial charge < -0.3 is 10.6 Å². The van der Waals surface area contributed by atoms with Gasteiger partial charge in [0.1, 0.15) is 0 Å². The van der Waals surface area contributed by atoms with E-state index in [9.17, 15) is 13.2 Å². The molecule has 2 rings (SSSR count). The van der Waals surface area contributed by atoms with Crippen LogP contribution in [0.25, 0.3) is 0 Å². The minimum atomic E-state index is -3.17. The van der Waals surface area contributed by atoms with Gasteiger partial charge in [-0.1, -0.05) is 12.1 Å². The number of nitrogens with two attached hydrogens (primary N) is 1. The summed E-state index contributed by atoms with van der Waals surface area (Å²) in [5.74, 6) is -0.0292. The number of hydrogen-bond donors (Lipinski definition) is 1. The van der Waals surface area contributed by atoms with Crippen LogP contribution in [0.5, 0.6) is 0 Å². The number of benzene rings is 1. The molecule has 1 saturated heterocycles. The van der Waals surface area contributed by atoms with Gasteiger partial charge in [0, 0.05) is 19.3 Å². The summed E-state index contributed by atoms with van der Waals surface area (Å²) in [6.07, 6.45) is 2.83. The van der Waals surface area contributed by atoms with E-state index in [2.05, 4.69) is 0 Å². The van der Waals surface area contributed by atoms with Crippen molar-refractivity contribution < 1.29 is 13.2 Å². The lowest BCUT2D eigenvalue weighted by atomic mass is 10.0. The van der Waals surface area contributed by atoms with Crippen molar-refractivity contribution in [3.8, 4) is 0 Å². The van der Waals surface area contributed by atoms with Crippen molar-refractivity contribution in [3.63, 3.8) is 0 Å². The smallest absolute Gasteiger partial charge is 0.239 e. The summed E-state index contributed by atoms with van der Waals surface area (Å²) in [6.45, 7) is 1.19. The van der Waals surface area contributed by atoms with E-state index in [1.807, 2.05) is 0 Å². The highest BCUT2D eigenvalue weighted by Crippen LogP contribution is 2.16. The van der Waals surface area contributed by atoms with Crippen LogP contribution in [-0.2, 0) is 21.2 Å². The van der Waals surface area contributed by atoms with E-state index in [4.69, 9.17) is 5.73 Å². The molecule has 104 valence electrons. The van der Waals surface area contributed by atoms with Crippen LogP contribution < -0.4 is 5.73 Å². The summed E-state index contributed by atoms with van der Waals surface area (Å²) in [5.41, 5.74) is 6.64. The lowest BCUT2D eigenvalue weighted by molar-refractivity contribution is -0.135. The Morgan fingerprint density at radius 1 is 1.32 bits per heavy atom. The first-order valence-corrected chi connectivity index (χ1v) is 8.10. The average Bonchev–Trinajstić information content (AvgIpc) is 2.35. The minimum Gasteiger partial charge on any atom is -0.337 e. The monoisotopic (exact) mass is 282 g/mol. The average molecular weight is 282 g/mol. The van der Waals surface area contributed by atoms with Crippen LogP contribution in [0.15, 0.2) is 29.2 Å². The predicted octanol–water partition coefficient (Wildman–Crippen LogP) is 0.540. The summed E-state index contributed by atoms with van der Waals surface area (Å²) < 4.78 is 22.7. The topological polar surface area (TPSA) is 80.5 Å². The number of carbonyl (C=O) groups is 1. The molecule has 0 spiro atoms. The maximum Gasteiger partial charge on any atom is 0.239 e. The fourth-order valence-corrected chi connectivity index (χ4v) is 2.82. The predicted molar refractivity (Wildman–Crippen MR) is 72.2 cm³/mol. The van der Waals surface area contributed by atoms with Crippen molar-refractivity contribution in [2.75, 3.05) is 12.8 Å².